The van der Waals surface area contributed by atoms with Crippen molar-refractivity contribution in [3.05, 3.63) is 34.9 Å². The zero-order chi connectivity index (χ0) is 19.1. The summed E-state index contributed by atoms with van der Waals surface area (Å²) in [6.45, 7) is 0.863. The van der Waals surface area contributed by atoms with Gasteiger partial charge in [-0.2, -0.15) is 8.42 Å². The Bertz CT molecular complexity index is 957. The molecule has 0 aromatic heterocycles. The maximum Gasteiger partial charge on any atom is 0.271 e. The van der Waals surface area contributed by atoms with Gasteiger partial charge in [0.1, 0.15) is 18.0 Å². The standard InChI is InChI=1S/C19H23NO6S/c1-20-6-5-19-12-3-4-14(21)18(19)26-17-15(22)7-10(9-27(23,24)25-2)11(16(17)19)8-13(12)20/h3-4,7,12-14,18,21-22H,5-6,8-9H2,1-2H3/t12-,13+,14-,18-,19-/m0/s1. The molecule has 2 heterocycles. The van der Waals surface area contributed by atoms with Crippen LogP contribution < -0.4 is 4.74 Å². The Morgan fingerprint density at radius 2 is 2.19 bits per heavy atom. The summed E-state index contributed by atoms with van der Waals surface area (Å²) in [5.41, 5.74) is 1.94. The van der Waals surface area contributed by atoms with Gasteiger partial charge in [-0.1, -0.05) is 12.2 Å². The lowest BCUT2D eigenvalue weighted by Gasteiger charge is -2.56. The maximum atomic E-state index is 12.1. The molecule has 8 heteroatoms. The Morgan fingerprint density at radius 3 is 2.93 bits per heavy atom. The number of aliphatic hydroxyl groups is 1. The van der Waals surface area contributed by atoms with Gasteiger partial charge in [0.15, 0.2) is 11.5 Å². The summed E-state index contributed by atoms with van der Waals surface area (Å²) in [4.78, 5) is 2.30. The molecule has 1 fully saturated rings. The number of ether oxygens (including phenoxy) is 1. The van der Waals surface area contributed by atoms with E-state index in [1.807, 2.05) is 0 Å². The fourth-order valence-corrected chi connectivity index (χ4v) is 6.53. The van der Waals surface area contributed by atoms with Crippen LogP contribution in [0.4, 0.5) is 0 Å². The molecule has 0 saturated carbocycles. The second-order valence-electron chi connectivity index (χ2n) is 8.09. The Morgan fingerprint density at radius 1 is 1.41 bits per heavy atom. The number of likely N-dealkylation sites (tertiary alicyclic amines) is 1. The van der Waals surface area contributed by atoms with Gasteiger partial charge >= 0.3 is 0 Å². The summed E-state index contributed by atoms with van der Waals surface area (Å²) < 4.78 is 35.0. The number of piperidine rings is 1. The van der Waals surface area contributed by atoms with Crippen LogP contribution in [0.1, 0.15) is 23.1 Å². The minimum Gasteiger partial charge on any atom is -0.504 e. The van der Waals surface area contributed by atoms with Crippen LogP contribution in [0, 0.1) is 5.92 Å². The minimum atomic E-state index is -3.73. The molecule has 2 aliphatic heterocycles. The van der Waals surface area contributed by atoms with Crippen LogP contribution in [-0.4, -0.2) is 62.5 Å². The molecule has 1 aromatic rings. The first kappa shape index (κ1) is 17.5. The predicted octanol–water partition coefficient (Wildman–Crippen LogP) is 0.674. The first-order chi connectivity index (χ1) is 12.8. The fraction of sp³-hybridized carbons (Fsp3) is 0.579. The first-order valence-electron chi connectivity index (χ1n) is 9.18. The number of phenolic OH excluding ortho intramolecular Hbond substituents is 1. The van der Waals surface area contributed by atoms with Crippen molar-refractivity contribution < 1.29 is 27.6 Å². The van der Waals surface area contributed by atoms with Crippen molar-refractivity contribution >= 4 is 10.1 Å². The third-order valence-electron chi connectivity index (χ3n) is 6.96. The summed E-state index contributed by atoms with van der Waals surface area (Å²) in [6.07, 6.45) is 4.13. The summed E-state index contributed by atoms with van der Waals surface area (Å²) in [5.74, 6) is 0.207. The molecule has 2 aliphatic carbocycles. The molecule has 0 unspecified atom stereocenters. The van der Waals surface area contributed by atoms with Gasteiger partial charge in [-0.3, -0.25) is 4.18 Å². The van der Waals surface area contributed by atoms with E-state index in [0.717, 1.165) is 31.2 Å². The van der Waals surface area contributed by atoms with Crippen LogP contribution >= 0.6 is 0 Å². The van der Waals surface area contributed by atoms with Gasteiger partial charge < -0.3 is 19.8 Å². The molecule has 27 heavy (non-hydrogen) atoms. The smallest absolute Gasteiger partial charge is 0.271 e. The van der Waals surface area contributed by atoms with Crippen LogP contribution in [0.3, 0.4) is 0 Å². The molecule has 146 valence electrons. The van der Waals surface area contributed by atoms with E-state index in [-0.39, 0.29) is 23.5 Å². The van der Waals surface area contributed by atoms with E-state index in [2.05, 4.69) is 22.2 Å². The zero-order valence-electron chi connectivity index (χ0n) is 15.3. The number of hydrogen-bond donors (Lipinski definition) is 2. The summed E-state index contributed by atoms with van der Waals surface area (Å²) in [6, 6.07) is 1.68. The van der Waals surface area contributed by atoms with Crippen LogP contribution in [0.2, 0.25) is 0 Å². The normalized spacial score (nSPS) is 36.4. The lowest BCUT2D eigenvalue weighted by atomic mass is 9.53. The molecule has 4 aliphatic rings. The quantitative estimate of drug-likeness (QED) is 0.576. The highest BCUT2D eigenvalue weighted by atomic mass is 32.2. The average Bonchev–Trinajstić information content (AvgIpc) is 2.97. The van der Waals surface area contributed by atoms with E-state index in [4.69, 9.17) is 4.74 Å². The summed E-state index contributed by atoms with van der Waals surface area (Å²) in [7, 11) is -0.502. The van der Waals surface area contributed by atoms with Gasteiger partial charge in [0, 0.05) is 22.9 Å². The second-order valence-corrected chi connectivity index (χ2v) is 9.83. The van der Waals surface area contributed by atoms with Crippen LogP contribution in [0.5, 0.6) is 11.5 Å². The van der Waals surface area contributed by atoms with E-state index < -0.39 is 27.7 Å². The van der Waals surface area contributed by atoms with Crippen molar-refractivity contribution in [1.82, 2.24) is 4.90 Å². The highest BCUT2D eigenvalue weighted by Gasteiger charge is 2.64. The van der Waals surface area contributed by atoms with Gasteiger partial charge in [0.2, 0.25) is 0 Å². The number of phenols is 1. The molecule has 1 spiro atoms. The van der Waals surface area contributed by atoms with E-state index in [9.17, 15) is 18.6 Å². The van der Waals surface area contributed by atoms with Gasteiger partial charge in [0.25, 0.3) is 10.1 Å². The molecule has 1 saturated heterocycles. The molecule has 0 amide bonds. The number of aliphatic hydroxyl groups excluding tert-OH is 1. The maximum absolute atomic E-state index is 12.1. The first-order valence-corrected chi connectivity index (χ1v) is 10.8. The highest BCUT2D eigenvalue weighted by Crippen LogP contribution is 2.63. The largest absolute Gasteiger partial charge is 0.504 e. The third kappa shape index (κ3) is 2.15. The monoisotopic (exact) mass is 393 g/mol. The Balaban J connectivity index is 1.78. The van der Waals surface area contributed by atoms with Gasteiger partial charge in [-0.15, -0.1) is 0 Å². The van der Waals surface area contributed by atoms with E-state index in [1.165, 1.54) is 6.07 Å². The lowest BCUT2D eigenvalue weighted by molar-refractivity contribution is -0.0454. The molecule has 5 atom stereocenters. The molecule has 7 nitrogen and oxygen atoms in total. The third-order valence-corrected chi connectivity index (χ3v) is 8.13. The zero-order valence-corrected chi connectivity index (χ0v) is 16.1. The average molecular weight is 393 g/mol. The van der Waals surface area contributed by atoms with Crippen molar-refractivity contribution in [1.29, 1.82) is 0 Å². The molecular formula is C19H23NO6S. The van der Waals surface area contributed by atoms with Gasteiger partial charge in [-0.05, 0) is 43.6 Å². The SMILES string of the molecule is COS(=O)(=O)Cc1cc(O)c2c3c1C[C@@H]1[C@@H]4C=C[C@H](O)[C@H](O2)[C@]34CCN1C. The molecule has 1 aromatic carbocycles. The van der Waals surface area contributed by atoms with Crippen LogP contribution in [0.15, 0.2) is 18.2 Å². The van der Waals surface area contributed by atoms with Crippen molar-refractivity contribution in [3.63, 3.8) is 0 Å². The number of likely N-dealkylation sites (N-methyl/N-ethyl adjacent to an activating group) is 1. The van der Waals surface area contributed by atoms with E-state index in [0.29, 0.717) is 17.7 Å². The summed E-state index contributed by atoms with van der Waals surface area (Å²) >= 11 is 0. The predicted molar refractivity (Wildman–Crippen MR) is 97.2 cm³/mol. The topological polar surface area (TPSA) is 96.3 Å². The molecule has 2 N–H and O–H groups in total. The molecule has 0 radical (unpaired) electrons. The van der Waals surface area contributed by atoms with Crippen LogP contribution in [-0.2, 0) is 31.9 Å². The number of benzene rings is 1. The van der Waals surface area contributed by atoms with Crippen molar-refractivity contribution in [2.24, 2.45) is 5.92 Å². The molecule has 2 bridgehead atoms. The van der Waals surface area contributed by atoms with Crippen LogP contribution in [0.25, 0.3) is 0 Å². The Labute approximate surface area is 158 Å². The highest BCUT2D eigenvalue weighted by molar-refractivity contribution is 7.85. The van der Waals surface area contributed by atoms with Crippen molar-refractivity contribution in [3.8, 4) is 11.5 Å². The van der Waals surface area contributed by atoms with Gasteiger partial charge in [0.05, 0.1) is 7.11 Å². The molecule has 5 rings (SSSR count). The van der Waals surface area contributed by atoms with Gasteiger partial charge in [-0.25, -0.2) is 0 Å². The second kappa shape index (κ2) is 5.47. The fourth-order valence-electron chi connectivity index (χ4n) is 5.78. The number of rotatable bonds is 3. The van der Waals surface area contributed by atoms with E-state index >= 15 is 0 Å². The summed E-state index contributed by atoms with van der Waals surface area (Å²) in [5, 5.41) is 21.2. The van der Waals surface area contributed by atoms with E-state index in [1.54, 1.807) is 6.08 Å². The number of nitrogens with zero attached hydrogens (tertiary/aromatic N) is 1. The van der Waals surface area contributed by atoms with Crippen molar-refractivity contribution in [2.75, 3.05) is 20.7 Å². The Kier molecular flexibility index (Phi) is 3.54. The number of aromatic hydroxyl groups is 1. The number of hydrogen-bond acceptors (Lipinski definition) is 7. The molecular weight excluding hydrogens is 370 g/mol. The lowest BCUT2D eigenvalue weighted by Crippen LogP contribution is -2.64. The Hall–Kier alpha value is -1.61. The van der Waals surface area contributed by atoms with Crippen molar-refractivity contribution in [2.45, 2.75) is 42.3 Å². The minimum absolute atomic E-state index is 0.0674.